The molecule has 0 radical (unpaired) electrons. The first-order valence-corrected chi connectivity index (χ1v) is 4.32. The zero-order valence-electron chi connectivity index (χ0n) is 6.18. The topological polar surface area (TPSA) is 9.23 Å². The molecule has 3 heteroatoms. The molecule has 2 rings (SSSR count). The maximum Gasteiger partial charge on any atom is 0.147 e. The Morgan fingerprint density at radius 2 is 1.92 bits per heavy atom. The number of hydrogen-bond acceptors (Lipinski definition) is 1. The van der Waals surface area contributed by atoms with Gasteiger partial charge in [0.2, 0.25) is 0 Å². The van der Waals surface area contributed by atoms with Crippen molar-refractivity contribution in [3.63, 3.8) is 0 Å². The standard InChI is InChI=1S/C9H6Cl2O/c10-7-3-4-8(11)9-6(7)2-1-5-12-9/h1-4H,5H2. The van der Waals surface area contributed by atoms with Gasteiger partial charge in [-0.25, -0.2) is 0 Å². The van der Waals surface area contributed by atoms with Crippen LogP contribution in [0.4, 0.5) is 0 Å². The van der Waals surface area contributed by atoms with E-state index in [1.165, 1.54) is 0 Å². The summed E-state index contributed by atoms with van der Waals surface area (Å²) >= 11 is 11.8. The molecule has 0 aromatic heterocycles. The fraction of sp³-hybridized carbons (Fsp3) is 0.111. The summed E-state index contributed by atoms with van der Waals surface area (Å²) in [6.45, 7) is 0.563. The SMILES string of the molecule is Clc1ccc(Cl)c2c1C=CCO2. The molecule has 1 nitrogen and oxygen atoms in total. The maximum atomic E-state index is 5.92. The lowest BCUT2D eigenvalue weighted by Crippen LogP contribution is -2.00. The summed E-state index contributed by atoms with van der Waals surface area (Å²) in [6, 6.07) is 3.50. The van der Waals surface area contributed by atoms with E-state index in [1.807, 2.05) is 12.2 Å². The maximum absolute atomic E-state index is 5.92. The predicted molar refractivity (Wildman–Crippen MR) is 51.0 cm³/mol. The first-order chi connectivity index (χ1) is 5.79. The minimum absolute atomic E-state index is 0.563. The lowest BCUT2D eigenvalue weighted by atomic mass is 10.1. The van der Waals surface area contributed by atoms with Crippen LogP contribution in [0.1, 0.15) is 5.56 Å². The molecule has 0 aliphatic carbocycles. The number of rotatable bonds is 0. The van der Waals surface area contributed by atoms with Gasteiger partial charge in [-0.2, -0.15) is 0 Å². The van der Waals surface area contributed by atoms with E-state index in [9.17, 15) is 0 Å². The Morgan fingerprint density at radius 3 is 2.67 bits per heavy atom. The molecular formula is C9H6Cl2O. The molecule has 1 aliphatic heterocycles. The molecule has 0 unspecified atom stereocenters. The Morgan fingerprint density at radius 1 is 1.17 bits per heavy atom. The van der Waals surface area contributed by atoms with Crippen molar-refractivity contribution in [2.45, 2.75) is 0 Å². The molecule has 0 amide bonds. The predicted octanol–water partition coefficient (Wildman–Crippen LogP) is 3.40. The third-order valence-corrected chi connectivity index (χ3v) is 2.33. The highest BCUT2D eigenvalue weighted by Crippen LogP contribution is 2.36. The molecule has 62 valence electrons. The van der Waals surface area contributed by atoms with Gasteiger partial charge in [-0.05, 0) is 18.2 Å². The molecule has 0 saturated carbocycles. The third-order valence-electron chi connectivity index (χ3n) is 1.70. The van der Waals surface area contributed by atoms with Gasteiger partial charge >= 0.3 is 0 Å². The highest BCUT2D eigenvalue weighted by atomic mass is 35.5. The van der Waals surface area contributed by atoms with Crippen LogP contribution < -0.4 is 4.74 Å². The summed E-state index contributed by atoms with van der Waals surface area (Å²) in [4.78, 5) is 0. The van der Waals surface area contributed by atoms with Crippen molar-refractivity contribution in [2.24, 2.45) is 0 Å². The van der Waals surface area contributed by atoms with Crippen molar-refractivity contribution in [1.82, 2.24) is 0 Å². The van der Waals surface area contributed by atoms with Gasteiger partial charge in [-0.3, -0.25) is 0 Å². The second-order valence-corrected chi connectivity index (χ2v) is 3.30. The fourth-order valence-electron chi connectivity index (χ4n) is 1.15. The first-order valence-electron chi connectivity index (χ1n) is 3.56. The van der Waals surface area contributed by atoms with Crippen molar-refractivity contribution < 1.29 is 4.74 Å². The first kappa shape index (κ1) is 7.96. The molecule has 0 fully saturated rings. The zero-order valence-corrected chi connectivity index (χ0v) is 7.69. The molecule has 0 N–H and O–H groups in total. The number of hydrogen-bond donors (Lipinski definition) is 0. The van der Waals surface area contributed by atoms with Crippen LogP contribution in [0.15, 0.2) is 18.2 Å². The zero-order chi connectivity index (χ0) is 8.55. The van der Waals surface area contributed by atoms with Gasteiger partial charge in [0.25, 0.3) is 0 Å². The molecule has 0 atom stereocenters. The Hall–Kier alpha value is -0.660. The van der Waals surface area contributed by atoms with Gasteiger partial charge in [0, 0.05) is 5.56 Å². The molecule has 1 aromatic carbocycles. The Kier molecular flexibility index (Phi) is 1.99. The van der Waals surface area contributed by atoms with Crippen LogP contribution in [-0.4, -0.2) is 6.61 Å². The quantitative estimate of drug-likeness (QED) is 0.624. The molecule has 0 spiro atoms. The summed E-state index contributed by atoms with van der Waals surface area (Å²) in [6.07, 6.45) is 3.83. The van der Waals surface area contributed by atoms with Gasteiger partial charge in [0.15, 0.2) is 0 Å². The summed E-state index contributed by atoms with van der Waals surface area (Å²) in [7, 11) is 0. The van der Waals surface area contributed by atoms with E-state index in [-0.39, 0.29) is 0 Å². The Balaban J connectivity index is 2.67. The van der Waals surface area contributed by atoms with E-state index in [4.69, 9.17) is 27.9 Å². The van der Waals surface area contributed by atoms with Crippen molar-refractivity contribution >= 4 is 29.3 Å². The van der Waals surface area contributed by atoms with Crippen molar-refractivity contribution in [2.75, 3.05) is 6.61 Å². The number of halogens is 2. The van der Waals surface area contributed by atoms with Crippen LogP contribution >= 0.6 is 23.2 Å². The van der Waals surface area contributed by atoms with Crippen LogP contribution in [0, 0.1) is 0 Å². The van der Waals surface area contributed by atoms with Crippen LogP contribution in [0.5, 0.6) is 5.75 Å². The minimum atomic E-state index is 0.563. The third kappa shape index (κ3) is 1.19. The van der Waals surface area contributed by atoms with E-state index >= 15 is 0 Å². The fourth-order valence-corrected chi connectivity index (χ4v) is 1.58. The molecule has 1 aliphatic rings. The number of benzene rings is 1. The second kappa shape index (κ2) is 3.00. The van der Waals surface area contributed by atoms with Crippen LogP contribution in [-0.2, 0) is 0 Å². The van der Waals surface area contributed by atoms with E-state index in [1.54, 1.807) is 12.1 Å². The normalized spacial score (nSPS) is 13.8. The molecule has 12 heavy (non-hydrogen) atoms. The highest BCUT2D eigenvalue weighted by Gasteiger charge is 2.12. The van der Waals surface area contributed by atoms with Gasteiger partial charge < -0.3 is 4.74 Å². The number of ether oxygens (including phenoxy) is 1. The molecule has 1 heterocycles. The molecular weight excluding hydrogens is 195 g/mol. The Bertz CT molecular complexity index is 345. The molecule has 0 bridgehead atoms. The molecule has 1 aromatic rings. The summed E-state index contributed by atoms with van der Waals surface area (Å²) in [5.74, 6) is 0.687. The summed E-state index contributed by atoms with van der Waals surface area (Å²) in [5, 5.41) is 1.28. The van der Waals surface area contributed by atoms with E-state index in [0.717, 1.165) is 5.56 Å². The van der Waals surface area contributed by atoms with Gasteiger partial charge in [0.05, 0.1) is 10.0 Å². The van der Waals surface area contributed by atoms with Crippen LogP contribution in [0.25, 0.3) is 6.08 Å². The minimum Gasteiger partial charge on any atom is -0.487 e. The average molecular weight is 201 g/mol. The van der Waals surface area contributed by atoms with Crippen molar-refractivity contribution in [3.05, 3.63) is 33.8 Å². The van der Waals surface area contributed by atoms with E-state index in [0.29, 0.717) is 22.4 Å². The van der Waals surface area contributed by atoms with Crippen molar-refractivity contribution in [3.8, 4) is 5.75 Å². The Labute approximate surface area is 80.6 Å². The second-order valence-electron chi connectivity index (χ2n) is 2.49. The lowest BCUT2D eigenvalue weighted by Gasteiger charge is -2.14. The van der Waals surface area contributed by atoms with Crippen LogP contribution in [0.3, 0.4) is 0 Å². The van der Waals surface area contributed by atoms with E-state index < -0.39 is 0 Å². The average Bonchev–Trinajstić information content (AvgIpc) is 2.12. The lowest BCUT2D eigenvalue weighted by molar-refractivity contribution is 0.359. The largest absolute Gasteiger partial charge is 0.487 e. The van der Waals surface area contributed by atoms with Crippen molar-refractivity contribution in [1.29, 1.82) is 0 Å². The van der Waals surface area contributed by atoms with E-state index in [2.05, 4.69) is 0 Å². The van der Waals surface area contributed by atoms with Gasteiger partial charge in [0.1, 0.15) is 12.4 Å². The monoisotopic (exact) mass is 200 g/mol. The molecule has 0 saturated heterocycles. The number of fused-ring (bicyclic) bond motifs is 1. The highest BCUT2D eigenvalue weighted by molar-refractivity contribution is 6.35. The van der Waals surface area contributed by atoms with Gasteiger partial charge in [-0.15, -0.1) is 0 Å². The summed E-state index contributed by atoms with van der Waals surface area (Å²) in [5.41, 5.74) is 0.871. The van der Waals surface area contributed by atoms with Gasteiger partial charge in [-0.1, -0.05) is 29.3 Å². The summed E-state index contributed by atoms with van der Waals surface area (Å²) < 4.78 is 5.33. The smallest absolute Gasteiger partial charge is 0.147 e. The van der Waals surface area contributed by atoms with Crippen LogP contribution in [0.2, 0.25) is 10.0 Å².